The fourth-order valence-corrected chi connectivity index (χ4v) is 3.66. The van der Waals surface area contributed by atoms with E-state index in [0.29, 0.717) is 16.8 Å². The van der Waals surface area contributed by atoms with E-state index >= 15 is 0 Å². The number of ether oxygens (including phenoxy) is 1. The van der Waals surface area contributed by atoms with Gasteiger partial charge in [-0.3, -0.25) is 4.57 Å². The van der Waals surface area contributed by atoms with Crippen LogP contribution in [0.2, 0.25) is 5.02 Å². The Hall–Kier alpha value is -1.72. The largest absolute Gasteiger partial charge is 0.494 e. The predicted octanol–water partition coefficient (Wildman–Crippen LogP) is 3.76. The number of halogens is 2. The summed E-state index contributed by atoms with van der Waals surface area (Å²) in [6.07, 6.45) is 1.41. The van der Waals surface area contributed by atoms with E-state index in [4.69, 9.17) is 16.3 Å². The van der Waals surface area contributed by atoms with Gasteiger partial charge in [0.1, 0.15) is 5.82 Å². The van der Waals surface area contributed by atoms with Gasteiger partial charge < -0.3 is 14.9 Å². The topological polar surface area (TPSA) is 54.6 Å². The highest BCUT2D eigenvalue weighted by atomic mass is 35.5. The molecule has 0 spiro atoms. The maximum absolute atomic E-state index is 13.3. The molecule has 2 N–H and O–H groups in total. The summed E-state index contributed by atoms with van der Waals surface area (Å²) >= 11 is 5.78. The van der Waals surface area contributed by atoms with Crippen LogP contribution in [0.3, 0.4) is 0 Å². The minimum absolute atomic E-state index is 0.0643. The molecule has 1 aromatic heterocycles. The van der Waals surface area contributed by atoms with Crippen LogP contribution in [0.25, 0.3) is 5.69 Å². The minimum atomic E-state index is -0.573. The third-order valence-electron chi connectivity index (χ3n) is 4.46. The molecule has 0 aliphatic carbocycles. The van der Waals surface area contributed by atoms with Gasteiger partial charge in [0.15, 0.2) is 0 Å². The molecule has 6 heteroatoms. The van der Waals surface area contributed by atoms with Crippen molar-refractivity contribution in [3.8, 4) is 17.4 Å². The van der Waals surface area contributed by atoms with Gasteiger partial charge in [-0.1, -0.05) is 11.6 Å². The Morgan fingerprint density at radius 2 is 2.14 bits per heavy atom. The fourth-order valence-electron chi connectivity index (χ4n) is 3.49. The van der Waals surface area contributed by atoms with Crippen LogP contribution in [0.15, 0.2) is 18.2 Å². The van der Waals surface area contributed by atoms with Crippen LogP contribution in [0.1, 0.15) is 37.0 Å². The van der Waals surface area contributed by atoms with Crippen molar-refractivity contribution in [3.63, 3.8) is 0 Å². The highest BCUT2D eigenvalue weighted by Crippen LogP contribution is 2.61. The van der Waals surface area contributed by atoms with Gasteiger partial charge in [-0.15, -0.1) is 0 Å². The summed E-state index contributed by atoms with van der Waals surface area (Å²) in [6.45, 7) is 1.90. The van der Waals surface area contributed by atoms with E-state index in [1.54, 1.807) is 0 Å². The number of aromatic nitrogens is 1. The zero-order chi connectivity index (χ0) is 14.9. The van der Waals surface area contributed by atoms with E-state index in [-0.39, 0.29) is 22.9 Å². The van der Waals surface area contributed by atoms with Crippen molar-refractivity contribution < 1.29 is 19.3 Å². The Morgan fingerprint density at radius 1 is 1.38 bits per heavy atom. The van der Waals surface area contributed by atoms with Gasteiger partial charge in [0.2, 0.25) is 11.8 Å². The Morgan fingerprint density at radius 3 is 2.81 bits per heavy atom. The highest BCUT2D eigenvalue weighted by Gasteiger charge is 2.53. The quantitative estimate of drug-likeness (QED) is 0.843. The van der Waals surface area contributed by atoms with Crippen LogP contribution in [0.5, 0.6) is 11.8 Å². The van der Waals surface area contributed by atoms with Gasteiger partial charge >= 0.3 is 0 Å². The number of rotatable bonds is 1. The summed E-state index contributed by atoms with van der Waals surface area (Å²) < 4.78 is 20.4. The van der Waals surface area contributed by atoms with Gasteiger partial charge in [-0.05, 0) is 38.0 Å². The Kier molecular flexibility index (Phi) is 2.43. The van der Waals surface area contributed by atoms with Crippen molar-refractivity contribution in [1.82, 2.24) is 4.57 Å². The second kappa shape index (κ2) is 3.93. The molecular weight excluding hydrogens is 297 g/mol. The second-order valence-electron chi connectivity index (χ2n) is 5.75. The van der Waals surface area contributed by atoms with Gasteiger partial charge in [-0.2, -0.15) is 0 Å². The lowest BCUT2D eigenvalue weighted by Gasteiger charge is -2.19. The van der Waals surface area contributed by atoms with Crippen LogP contribution in [0.4, 0.5) is 4.39 Å². The molecular formula is C15H13ClFNO3. The molecule has 21 heavy (non-hydrogen) atoms. The van der Waals surface area contributed by atoms with E-state index in [9.17, 15) is 14.6 Å². The summed E-state index contributed by atoms with van der Waals surface area (Å²) in [6, 6.07) is 4.03. The molecule has 4 rings (SSSR count). The summed E-state index contributed by atoms with van der Waals surface area (Å²) in [7, 11) is 0. The summed E-state index contributed by atoms with van der Waals surface area (Å²) in [5.41, 5.74) is 1.09. The molecule has 1 aromatic carbocycles. The van der Waals surface area contributed by atoms with Crippen molar-refractivity contribution in [2.24, 2.45) is 0 Å². The van der Waals surface area contributed by atoms with E-state index in [1.165, 1.54) is 22.8 Å². The lowest BCUT2D eigenvalue weighted by Crippen LogP contribution is -2.16. The van der Waals surface area contributed by atoms with Crippen molar-refractivity contribution in [2.45, 2.75) is 31.5 Å². The number of hydrogen-bond donors (Lipinski definition) is 2. The molecule has 2 aliphatic rings. The van der Waals surface area contributed by atoms with Crippen LogP contribution >= 0.6 is 11.6 Å². The van der Waals surface area contributed by atoms with Crippen LogP contribution in [0, 0.1) is 5.82 Å². The minimum Gasteiger partial charge on any atom is -0.494 e. The maximum atomic E-state index is 13.3. The Bertz CT molecular complexity index is 773. The predicted molar refractivity (Wildman–Crippen MR) is 74.5 cm³/mol. The van der Waals surface area contributed by atoms with Gasteiger partial charge in [0.05, 0.1) is 33.5 Å². The zero-order valence-corrected chi connectivity index (χ0v) is 12.0. The number of fused-ring (bicyclic) bond motifs is 5. The fraction of sp³-hybridized carbons (Fsp3) is 0.333. The van der Waals surface area contributed by atoms with Crippen molar-refractivity contribution in [1.29, 1.82) is 0 Å². The number of benzene rings is 1. The second-order valence-corrected chi connectivity index (χ2v) is 6.15. The maximum Gasteiger partial charge on any atom is 0.205 e. The lowest BCUT2D eigenvalue weighted by molar-refractivity contribution is -0.00959. The lowest BCUT2D eigenvalue weighted by atomic mass is 9.86. The Balaban J connectivity index is 1.96. The number of hydrogen-bond acceptors (Lipinski definition) is 3. The number of aromatic hydroxyl groups is 2. The summed E-state index contributed by atoms with van der Waals surface area (Å²) in [5, 5.41) is 20.9. The molecule has 110 valence electrons. The molecule has 2 aliphatic heterocycles. The van der Waals surface area contributed by atoms with E-state index in [1.807, 2.05) is 6.92 Å². The molecule has 2 atom stereocenters. The van der Waals surface area contributed by atoms with E-state index < -0.39 is 11.4 Å². The first kappa shape index (κ1) is 13.0. The molecule has 0 amide bonds. The molecule has 3 heterocycles. The molecule has 0 saturated carbocycles. The first-order chi connectivity index (χ1) is 9.92. The first-order valence-corrected chi connectivity index (χ1v) is 7.10. The molecule has 2 bridgehead atoms. The standard InChI is InChI=1S/C15H13ClFNO3/c1-15-5-4-10(21-15)11-12(15)14(20)18(13(11)19)7-2-3-9(17)8(16)6-7/h2-3,6,10,19-20H,4-5H2,1H3. The van der Waals surface area contributed by atoms with E-state index in [2.05, 4.69) is 0 Å². The summed E-state index contributed by atoms with van der Waals surface area (Å²) in [5.74, 6) is -0.692. The van der Waals surface area contributed by atoms with Crippen molar-refractivity contribution in [3.05, 3.63) is 40.2 Å². The van der Waals surface area contributed by atoms with E-state index in [0.717, 1.165) is 12.8 Å². The molecule has 0 radical (unpaired) electrons. The third kappa shape index (κ3) is 1.53. The molecule has 2 unspecified atom stereocenters. The molecule has 1 fully saturated rings. The average molecular weight is 310 g/mol. The Labute approximate surface area is 125 Å². The monoisotopic (exact) mass is 309 g/mol. The van der Waals surface area contributed by atoms with Crippen molar-refractivity contribution >= 4 is 11.6 Å². The van der Waals surface area contributed by atoms with Crippen LogP contribution < -0.4 is 0 Å². The number of nitrogens with zero attached hydrogens (tertiary/aromatic N) is 1. The van der Waals surface area contributed by atoms with Crippen LogP contribution in [-0.4, -0.2) is 14.8 Å². The van der Waals surface area contributed by atoms with Gasteiger partial charge in [-0.25, -0.2) is 4.39 Å². The SMILES string of the molecule is CC12CCC(O1)c1c2c(O)n(-c2ccc(F)c(Cl)c2)c1O. The van der Waals surface area contributed by atoms with Gasteiger partial charge in [0, 0.05) is 0 Å². The summed E-state index contributed by atoms with van der Waals surface area (Å²) in [4.78, 5) is 0. The normalized spacial score (nSPS) is 26.3. The molecule has 1 saturated heterocycles. The first-order valence-electron chi connectivity index (χ1n) is 6.72. The molecule has 4 nitrogen and oxygen atoms in total. The van der Waals surface area contributed by atoms with Crippen LogP contribution in [-0.2, 0) is 10.3 Å². The molecule has 2 aromatic rings. The average Bonchev–Trinajstić information content (AvgIpc) is 3.03. The van der Waals surface area contributed by atoms with Crippen molar-refractivity contribution in [2.75, 3.05) is 0 Å². The third-order valence-corrected chi connectivity index (χ3v) is 4.75. The van der Waals surface area contributed by atoms with Gasteiger partial charge in [0.25, 0.3) is 0 Å². The highest BCUT2D eigenvalue weighted by molar-refractivity contribution is 6.30. The smallest absolute Gasteiger partial charge is 0.205 e. The zero-order valence-electron chi connectivity index (χ0n) is 11.2.